The van der Waals surface area contributed by atoms with Gasteiger partial charge in [0, 0.05) is 18.1 Å². The van der Waals surface area contributed by atoms with E-state index in [0.29, 0.717) is 12.1 Å². The molecule has 1 aromatic heterocycles. The Labute approximate surface area is 119 Å². The van der Waals surface area contributed by atoms with Crippen molar-refractivity contribution in [2.45, 2.75) is 26.7 Å². The number of nitrogens with two attached hydrogens (primary N) is 1. The van der Waals surface area contributed by atoms with Crippen LogP contribution in [0, 0.1) is 25.2 Å². The Morgan fingerprint density at radius 1 is 1.25 bits per heavy atom. The lowest BCUT2D eigenvalue weighted by atomic mass is 10.0. The molecule has 0 aliphatic carbocycles. The molecule has 0 aliphatic heterocycles. The summed E-state index contributed by atoms with van der Waals surface area (Å²) in [5, 5.41) is 13.6. The lowest BCUT2D eigenvalue weighted by Crippen LogP contribution is -2.07. The van der Waals surface area contributed by atoms with Gasteiger partial charge in [-0.1, -0.05) is 0 Å². The van der Waals surface area contributed by atoms with Crippen molar-refractivity contribution in [3.63, 3.8) is 0 Å². The summed E-state index contributed by atoms with van der Waals surface area (Å²) < 4.78 is 0. The van der Waals surface area contributed by atoms with Gasteiger partial charge in [-0.3, -0.25) is 4.98 Å². The van der Waals surface area contributed by atoms with Crippen LogP contribution in [0.15, 0.2) is 18.3 Å². The number of nitrogens with one attached hydrogen (secondary N) is 1. The van der Waals surface area contributed by atoms with Gasteiger partial charge in [0.25, 0.3) is 0 Å². The molecule has 0 radical (unpaired) electrons. The average molecular weight is 268 g/mol. The quantitative estimate of drug-likeness (QED) is 0.818. The average Bonchev–Trinajstić information content (AvgIpc) is 2.45. The first-order valence-electron chi connectivity index (χ1n) is 6.91. The van der Waals surface area contributed by atoms with Crippen LogP contribution in [0.1, 0.15) is 29.5 Å². The zero-order valence-corrected chi connectivity index (χ0v) is 12.0. The van der Waals surface area contributed by atoms with Crippen LogP contribution >= 0.6 is 0 Å². The number of pyridine rings is 1. The molecule has 4 nitrogen and oxygen atoms in total. The molecule has 104 valence electrons. The molecule has 0 unspecified atom stereocenters. The Morgan fingerprint density at radius 2 is 2.00 bits per heavy atom. The van der Waals surface area contributed by atoms with Crippen molar-refractivity contribution in [3.05, 3.63) is 35.0 Å². The Hall–Kier alpha value is -2.12. The molecule has 0 atom stereocenters. The minimum Gasteiger partial charge on any atom is -0.383 e. The van der Waals surface area contributed by atoms with Crippen molar-refractivity contribution >= 4 is 16.6 Å². The number of benzene rings is 1. The highest BCUT2D eigenvalue weighted by Crippen LogP contribution is 2.28. The normalized spacial score (nSPS) is 10.5. The van der Waals surface area contributed by atoms with Crippen LogP contribution in [-0.4, -0.2) is 18.1 Å². The highest BCUT2D eigenvalue weighted by Gasteiger charge is 2.09. The predicted octanol–water partition coefficient (Wildman–Crippen LogP) is 2.87. The van der Waals surface area contributed by atoms with E-state index in [0.717, 1.165) is 36.0 Å². The van der Waals surface area contributed by atoms with Crippen LogP contribution in [0.3, 0.4) is 0 Å². The van der Waals surface area contributed by atoms with Crippen molar-refractivity contribution in [2.75, 3.05) is 18.4 Å². The monoisotopic (exact) mass is 268 g/mol. The van der Waals surface area contributed by atoms with Crippen molar-refractivity contribution in [1.29, 1.82) is 5.26 Å². The Balaban J connectivity index is 2.43. The second-order valence-corrected chi connectivity index (χ2v) is 5.03. The largest absolute Gasteiger partial charge is 0.383 e. The van der Waals surface area contributed by atoms with Crippen molar-refractivity contribution in [2.24, 2.45) is 5.73 Å². The van der Waals surface area contributed by atoms with Crippen molar-refractivity contribution in [3.8, 4) is 6.07 Å². The third-order valence-corrected chi connectivity index (χ3v) is 3.54. The predicted molar refractivity (Wildman–Crippen MR) is 82.7 cm³/mol. The van der Waals surface area contributed by atoms with Crippen molar-refractivity contribution < 1.29 is 0 Å². The Bertz CT molecular complexity index is 656. The zero-order valence-electron chi connectivity index (χ0n) is 12.0. The van der Waals surface area contributed by atoms with Gasteiger partial charge < -0.3 is 11.1 Å². The number of unbranched alkanes of at least 4 members (excludes halogenated alkanes) is 1. The summed E-state index contributed by atoms with van der Waals surface area (Å²) in [6.45, 7) is 5.66. The molecule has 0 amide bonds. The van der Waals surface area contributed by atoms with Crippen molar-refractivity contribution in [1.82, 2.24) is 4.98 Å². The third-order valence-electron chi connectivity index (χ3n) is 3.54. The number of rotatable bonds is 5. The van der Waals surface area contributed by atoms with Gasteiger partial charge in [0.05, 0.1) is 16.8 Å². The number of aromatic nitrogens is 1. The summed E-state index contributed by atoms with van der Waals surface area (Å²) in [5.41, 5.74) is 10.3. The summed E-state index contributed by atoms with van der Waals surface area (Å²) in [7, 11) is 0. The first kappa shape index (κ1) is 14.3. The van der Waals surface area contributed by atoms with Gasteiger partial charge in [-0.2, -0.15) is 5.26 Å². The van der Waals surface area contributed by atoms with E-state index in [1.54, 1.807) is 6.20 Å². The molecule has 0 spiro atoms. The lowest BCUT2D eigenvalue weighted by molar-refractivity contribution is 0.774. The summed E-state index contributed by atoms with van der Waals surface area (Å²) in [6.07, 6.45) is 3.62. The summed E-state index contributed by atoms with van der Waals surface area (Å²) >= 11 is 0. The van der Waals surface area contributed by atoms with Crippen LogP contribution in [0.2, 0.25) is 0 Å². The molecular formula is C16H20N4. The van der Waals surface area contributed by atoms with Crippen LogP contribution in [0.5, 0.6) is 0 Å². The third kappa shape index (κ3) is 2.89. The molecule has 1 heterocycles. The van der Waals surface area contributed by atoms with Gasteiger partial charge in [-0.25, -0.2) is 0 Å². The van der Waals surface area contributed by atoms with Crippen LogP contribution in [-0.2, 0) is 0 Å². The van der Waals surface area contributed by atoms with Gasteiger partial charge in [-0.15, -0.1) is 0 Å². The molecular weight excluding hydrogens is 248 g/mol. The molecule has 0 saturated heterocycles. The topological polar surface area (TPSA) is 74.7 Å². The molecule has 4 heteroatoms. The van der Waals surface area contributed by atoms with Crippen LogP contribution in [0.25, 0.3) is 10.9 Å². The number of fused-ring (bicyclic) bond motifs is 1. The fourth-order valence-corrected chi connectivity index (χ4v) is 2.21. The second kappa shape index (κ2) is 6.36. The standard InChI is InChI=1S/C16H20N4/c1-11-7-14-15(8-12(11)2)20-10-13(9-18)16(14)19-6-4-3-5-17/h7-8,10H,3-6,17H2,1-2H3,(H,19,20). The molecule has 0 aliphatic rings. The summed E-state index contributed by atoms with van der Waals surface area (Å²) in [4.78, 5) is 4.38. The number of anilines is 1. The minimum atomic E-state index is 0.591. The first-order valence-corrected chi connectivity index (χ1v) is 6.91. The maximum atomic E-state index is 9.25. The van der Waals surface area contributed by atoms with Gasteiger partial charge in [-0.05, 0) is 56.5 Å². The van der Waals surface area contributed by atoms with Gasteiger partial charge in [0.2, 0.25) is 0 Å². The smallest absolute Gasteiger partial charge is 0.103 e. The highest BCUT2D eigenvalue weighted by atomic mass is 14.9. The summed E-state index contributed by atoms with van der Waals surface area (Å²) in [6, 6.07) is 6.38. The number of aryl methyl sites for hydroxylation is 2. The van der Waals surface area contributed by atoms with E-state index in [2.05, 4.69) is 42.4 Å². The first-order chi connectivity index (χ1) is 9.67. The zero-order chi connectivity index (χ0) is 14.5. The molecule has 2 rings (SSSR count). The minimum absolute atomic E-state index is 0.591. The van der Waals surface area contributed by atoms with Gasteiger partial charge in [0.15, 0.2) is 0 Å². The molecule has 3 N–H and O–H groups in total. The van der Waals surface area contributed by atoms with E-state index in [1.807, 2.05) is 0 Å². The number of hydrogen-bond donors (Lipinski definition) is 2. The van der Waals surface area contributed by atoms with E-state index in [4.69, 9.17) is 5.73 Å². The number of nitriles is 1. The molecule has 20 heavy (non-hydrogen) atoms. The van der Waals surface area contributed by atoms with Crippen LogP contribution < -0.4 is 11.1 Å². The molecule has 0 bridgehead atoms. The van der Waals surface area contributed by atoms with E-state index >= 15 is 0 Å². The van der Waals surface area contributed by atoms with Crippen LogP contribution in [0.4, 0.5) is 5.69 Å². The molecule has 2 aromatic rings. The van der Waals surface area contributed by atoms with Gasteiger partial charge >= 0.3 is 0 Å². The van der Waals surface area contributed by atoms with Gasteiger partial charge in [0.1, 0.15) is 6.07 Å². The molecule has 0 fully saturated rings. The molecule has 1 aromatic carbocycles. The second-order valence-electron chi connectivity index (χ2n) is 5.03. The number of nitrogens with zero attached hydrogens (tertiary/aromatic N) is 2. The van der Waals surface area contributed by atoms with E-state index in [9.17, 15) is 5.26 Å². The van der Waals surface area contributed by atoms with E-state index < -0.39 is 0 Å². The summed E-state index contributed by atoms with van der Waals surface area (Å²) in [5.74, 6) is 0. The fourth-order valence-electron chi connectivity index (χ4n) is 2.21. The Kier molecular flexibility index (Phi) is 4.54. The molecule has 0 saturated carbocycles. The number of hydrogen-bond acceptors (Lipinski definition) is 4. The highest BCUT2D eigenvalue weighted by molar-refractivity contribution is 5.94. The maximum absolute atomic E-state index is 9.25. The van der Waals surface area contributed by atoms with E-state index in [-0.39, 0.29) is 0 Å². The maximum Gasteiger partial charge on any atom is 0.103 e. The fraction of sp³-hybridized carbons (Fsp3) is 0.375. The Morgan fingerprint density at radius 3 is 2.70 bits per heavy atom. The lowest BCUT2D eigenvalue weighted by Gasteiger charge is -2.12. The SMILES string of the molecule is Cc1cc2ncc(C#N)c(NCCCCN)c2cc1C. The van der Waals surface area contributed by atoms with E-state index in [1.165, 1.54) is 11.1 Å².